The van der Waals surface area contributed by atoms with Gasteiger partial charge in [-0.05, 0) is 55.8 Å². The summed E-state index contributed by atoms with van der Waals surface area (Å²) in [4.78, 5) is 0. The van der Waals surface area contributed by atoms with Gasteiger partial charge >= 0.3 is 0 Å². The number of rotatable bonds is 7. The second kappa shape index (κ2) is 7.29. The smallest absolute Gasteiger partial charge is 0.00677 e. The zero-order valence-corrected chi connectivity index (χ0v) is 14.3. The summed E-state index contributed by atoms with van der Waals surface area (Å²) in [6.45, 7) is 8.40. The zero-order valence-electron chi connectivity index (χ0n) is 14.3. The molecule has 0 aromatic heterocycles. The molecule has 0 saturated heterocycles. The maximum absolute atomic E-state index is 3.90. The molecule has 2 aliphatic rings. The van der Waals surface area contributed by atoms with Gasteiger partial charge in [-0.1, -0.05) is 52.9 Å². The van der Waals surface area contributed by atoms with E-state index < -0.39 is 0 Å². The van der Waals surface area contributed by atoms with E-state index >= 15 is 0 Å². The summed E-state index contributed by atoms with van der Waals surface area (Å²) in [5.74, 6) is 0. The van der Waals surface area contributed by atoms with E-state index in [4.69, 9.17) is 0 Å². The first-order valence-electron chi connectivity index (χ1n) is 9.29. The Morgan fingerprint density at radius 3 is 2.25 bits per heavy atom. The van der Waals surface area contributed by atoms with Crippen LogP contribution in [0.3, 0.4) is 0 Å². The Morgan fingerprint density at radius 2 is 1.65 bits per heavy atom. The third kappa shape index (κ3) is 4.76. The summed E-state index contributed by atoms with van der Waals surface area (Å²) in [5.41, 5.74) is 1.27. The molecule has 0 amide bonds. The summed E-state index contributed by atoms with van der Waals surface area (Å²) < 4.78 is 0. The van der Waals surface area contributed by atoms with Crippen LogP contribution in [0, 0.1) is 10.8 Å². The summed E-state index contributed by atoms with van der Waals surface area (Å²) in [5, 5.41) is 3.90. The lowest BCUT2D eigenvalue weighted by atomic mass is 9.71. The number of unbranched alkanes of at least 4 members (excludes halogenated alkanes) is 2. The highest BCUT2D eigenvalue weighted by molar-refractivity contribution is 4.91. The fourth-order valence-electron chi connectivity index (χ4n) is 4.42. The Morgan fingerprint density at radius 1 is 1.00 bits per heavy atom. The lowest BCUT2D eigenvalue weighted by molar-refractivity contribution is 0.159. The lowest BCUT2D eigenvalue weighted by Crippen LogP contribution is -2.41. The van der Waals surface area contributed by atoms with Gasteiger partial charge in [-0.2, -0.15) is 0 Å². The largest absolute Gasteiger partial charge is 0.313 e. The van der Waals surface area contributed by atoms with E-state index in [1.807, 2.05) is 0 Å². The van der Waals surface area contributed by atoms with Crippen molar-refractivity contribution in [2.75, 3.05) is 6.54 Å². The zero-order chi connectivity index (χ0) is 14.5. The summed E-state index contributed by atoms with van der Waals surface area (Å²) in [6.07, 6.45) is 17.5. The average molecular weight is 280 g/mol. The molecule has 0 atom stereocenters. The third-order valence-electron chi connectivity index (χ3n) is 6.04. The second-order valence-electron chi connectivity index (χ2n) is 8.48. The van der Waals surface area contributed by atoms with Crippen LogP contribution in [0.4, 0.5) is 0 Å². The molecule has 2 aliphatic carbocycles. The molecule has 118 valence electrons. The minimum Gasteiger partial charge on any atom is -0.313 e. The number of nitrogens with one attached hydrogen (secondary N) is 1. The van der Waals surface area contributed by atoms with Gasteiger partial charge in [0.05, 0.1) is 0 Å². The molecule has 1 N–H and O–H groups in total. The Bertz CT molecular complexity index is 265. The molecule has 1 spiro atoms. The van der Waals surface area contributed by atoms with Crippen LogP contribution in [0.15, 0.2) is 0 Å². The summed E-state index contributed by atoms with van der Waals surface area (Å²) >= 11 is 0. The van der Waals surface area contributed by atoms with Crippen molar-refractivity contribution in [3.8, 4) is 0 Å². The van der Waals surface area contributed by atoms with E-state index in [1.165, 1.54) is 83.6 Å². The maximum atomic E-state index is 3.90. The van der Waals surface area contributed by atoms with Crippen molar-refractivity contribution in [3.63, 3.8) is 0 Å². The van der Waals surface area contributed by atoms with Gasteiger partial charge in [-0.15, -0.1) is 0 Å². The monoisotopic (exact) mass is 279 g/mol. The van der Waals surface area contributed by atoms with Crippen molar-refractivity contribution in [1.82, 2.24) is 5.32 Å². The van der Waals surface area contributed by atoms with Crippen LogP contribution >= 0.6 is 0 Å². The van der Waals surface area contributed by atoms with Crippen molar-refractivity contribution in [2.24, 2.45) is 10.8 Å². The molecule has 2 fully saturated rings. The van der Waals surface area contributed by atoms with E-state index in [9.17, 15) is 0 Å². The standard InChI is InChI=1S/C19H37N/c1-4-5-6-11-18(2,3)16-20-17-9-14-19(15-10-17)12-7-8-13-19/h17,20H,4-16H2,1-3H3. The third-order valence-corrected chi connectivity index (χ3v) is 6.04. The molecule has 1 heteroatoms. The lowest BCUT2D eigenvalue weighted by Gasteiger charge is -2.39. The molecule has 0 aromatic rings. The van der Waals surface area contributed by atoms with Crippen molar-refractivity contribution in [3.05, 3.63) is 0 Å². The minimum atomic E-state index is 0.484. The fraction of sp³-hybridized carbons (Fsp3) is 1.00. The van der Waals surface area contributed by atoms with Gasteiger partial charge in [0.15, 0.2) is 0 Å². The molecule has 20 heavy (non-hydrogen) atoms. The van der Waals surface area contributed by atoms with Gasteiger partial charge < -0.3 is 5.32 Å². The molecule has 0 unspecified atom stereocenters. The first-order chi connectivity index (χ1) is 9.55. The highest BCUT2D eigenvalue weighted by atomic mass is 14.9. The predicted molar refractivity (Wildman–Crippen MR) is 89.1 cm³/mol. The van der Waals surface area contributed by atoms with Crippen molar-refractivity contribution in [1.29, 1.82) is 0 Å². The van der Waals surface area contributed by atoms with Gasteiger partial charge in [-0.25, -0.2) is 0 Å². The van der Waals surface area contributed by atoms with Crippen LogP contribution in [-0.4, -0.2) is 12.6 Å². The Kier molecular flexibility index (Phi) is 5.95. The van der Waals surface area contributed by atoms with Crippen LogP contribution < -0.4 is 5.32 Å². The normalized spacial score (nSPS) is 23.6. The molecular formula is C19H37N. The Hall–Kier alpha value is -0.0400. The topological polar surface area (TPSA) is 12.0 Å². The molecule has 0 aromatic carbocycles. The van der Waals surface area contributed by atoms with E-state index in [0.717, 1.165) is 11.5 Å². The van der Waals surface area contributed by atoms with Crippen LogP contribution in [-0.2, 0) is 0 Å². The Labute approximate surface area is 127 Å². The van der Waals surface area contributed by atoms with Gasteiger partial charge in [0.1, 0.15) is 0 Å². The molecular weight excluding hydrogens is 242 g/mol. The van der Waals surface area contributed by atoms with Crippen LogP contribution in [0.1, 0.15) is 97.8 Å². The fourth-order valence-corrected chi connectivity index (χ4v) is 4.42. The number of hydrogen-bond acceptors (Lipinski definition) is 1. The molecule has 0 heterocycles. The van der Waals surface area contributed by atoms with E-state index in [1.54, 1.807) is 0 Å². The SMILES string of the molecule is CCCCCC(C)(C)CNC1CCC2(CCCC2)CC1. The van der Waals surface area contributed by atoms with Crippen LogP contribution in [0.5, 0.6) is 0 Å². The highest BCUT2D eigenvalue weighted by Gasteiger charge is 2.37. The molecule has 1 nitrogen and oxygen atoms in total. The minimum absolute atomic E-state index is 0.484. The average Bonchev–Trinajstić information content (AvgIpc) is 2.87. The van der Waals surface area contributed by atoms with Gasteiger partial charge in [-0.3, -0.25) is 0 Å². The molecule has 0 bridgehead atoms. The predicted octanol–water partition coefficient (Wildman–Crippen LogP) is 5.69. The van der Waals surface area contributed by atoms with Crippen LogP contribution in [0.2, 0.25) is 0 Å². The summed E-state index contributed by atoms with van der Waals surface area (Å²) in [6, 6.07) is 0.812. The van der Waals surface area contributed by atoms with Gasteiger partial charge in [0, 0.05) is 12.6 Å². The first kappa shape index (κ1) is 16.3. The van der Waals surface area contributed by atoms with E-state index in [0.29, 0.717) is 5.41 Å². The van der Waals surface area contributed by atoms with Crippen molar-refractivity contribution >= 4 is 0 Å². The number of hydrogen-bond donors (Lipinski definition) is 1. The van der Waals surface area contributed by atoms with Gasteiger partial charge in [0.2, 0.25) is 0 Å². The van der Waals surface area contributed by atoms with E-state index in [2.05, 4.69) is 26.1 Å². The van der Waals surface area contributed by atoms with Crippen molar-refractivity contribution in [2.45, 2.75) is 104 Å². The Balaban J connectivity index is 1.65. The summed E-state index contributed by atoms with van der Waals surface area (Å²) in [7, 11) is 0. The maximum Gasteiger partial charge on any atom is 0.00677 e. The van der Waals surface area contributed by atoms with Gasteiger partial charge in [0.25, 0.3) is 0 Å². The molecule has 2 rings (SSSR count). The second-order valence-corrected chi connectivity index (χ2v) is 8.48. The van der Waals surface area contributed by atoms with Crippen molar-refractivity contribution < 1.29 is 0 Å². The molecule has 2 saturated carbocycles. The molecule has 0 aliphatic heterocycles. The van der Waals surface area contributed by atoms with Crippen LogP contribution in [0.25, 0.3) is 0 Å². The molecule has 0 radical (unpaired) electrons. The highest BCUT2D eigenvalue weighted by Crippen LogP contribution is 2.48. The quantitative estimate of drug-likeness (QED) is 0.591. The first-order valence-corrected chi connectivity index (χ1v) is 9.29. The van der Waals surface area contributed by atoms with E-state index in [-0.39, 0.29) is 0 Å².